The molecule has 1 heterocycles. The highest BCUT2D eigenvalue weighted by atomic mass is 35.5. The number of nitrogens with zero attached hydrogens (tertiary/aromatic N) is 2. The number of hydroxylamine groups is 3. The van der Waals surface area contributed by atoms with Gasteiger partial charge in [-0.25, -0.2) is 0 Å². The van der Waals surface area contributed by atoms with Crippen molar-refractivity contribution in [2.45, 2.75) is 44.3 Å². The van der Waals surface area contributed by atoms with Gasteiger partial charge in [-0.1, -0.05) is 30.3 Å². The first-order chi connectivity index (χ1) is 14.5. The second kappa shape index (κ2) is 10.1. The van der Waals surface area contributed by atoms with E-state index in [-0.39, 0.29) is 41.3 Å². The Kier molecular flexibility index (Phi) is 8.21. The number of hydrogen-bond acceptors (Lipinski definition) is 2. The van der Waals surface area contributed by atoms with Crippen LogP contribution in [0, 0.1) is 11.3 Å². The molecular formula is C22H22ClF6N2O+. The van der Waals surface area contributed by atoms with E-state index in [1.165, 1.54) is 0 Å². The molecule has 1 saturated heterocycles. The van der Waals surface area contributed by atoms with Crippen LogP contribution in [0.1, 0.15) is 47.6 Å². The Balaban J connectivity index is 0.00000363. The average molecular weight is 480 g/mol. The molecule has 0 amide bonds. The molecule has 174 valence electrons. The molecule has 32 heavy (non-hydrogen) atoms. The predicted molar refractivity (Wildman–Crippen MR) is 107 cm³/mol. The number of rotatable bonds is 5. The first kappa shape index (κ1) is 26.0. The van der Waals surface area contributed by atoms with Crippen LogP contribution in [-0.2, 0) is 23.8 Å². The van der Waals surface area contributed by atoms with Crippen LogP contribution in [0.25, 0.3) is 0 Å². The van der Waals surface area contributed by atoms with Crippen molar-refractivity contribution in [3.05, 3.63) is 70.8 Å². The number of hydrogen-bond donors (Lipinski definition) is 0. The van der Waals surface area contributed by atoms with E-state index in [0.717, 1.165) is 18.4 Å². The number of halogens is 7. The molecular weight excluding hydrogens is 458 g/mol. The molecule has 0 bridgehead atoms. The number of likely N-dealkylation sites (tertiary alicyclic amines) is 1. The lowest BCUT2D eigenvalue weighted by molar-refractivity contribution is -1.13. The molecule has 0 aliphatic carbocycles. The zero-order valence-electron chi connectivity index (χ0n) is 16.9. The quantitative estimate of drug-likeness (QED) is 0.267. The molecule has 2 atom stereocenters. The maximum absolute atomic E-state index is 13.2. The largest absolute Gasteiger partial charge is 0.416 e. The summed E-state index contributed by atoms with van der Waals surface area (Å²) in [6.07, 6.45) is -7.53. The Morgan fingerprint density at radius 2 is 1.53 bits per heavy atom. The van der Waals surface area contributed by atoms with Crippen molar-refractivity contribution in [3.8, 4) is 6.07 Å². The van der Waals surface area contributed by atoms with Gasteiger partial charge in [0.2, 0.25) is 0 Å². The zero-order valence-corrected chi connectivity index (χ0v) is 17.7. The van der Waals surface area contributed by atoms with E-state index < -0.39 is 30.1 Å². The summed E-state index contributed by atoms with van der Waals surface area (Å²) in [7, 11) is 0. The van der Waals surface area contributed by atoms with Crippen LogP contribution < -0.4 is 0 Å². The van der Waals surface area contributed by atoms with Crippen LogP contribution >= 0.6 is 12.4 Å². The monoisotopic (exact) mass is 479 g/mol. The van der Waals surface area contributed by atoms with Crippen molar-refractivity contribution in [2.75, 3.05) is 13.1 Å². The van der Waals surface area contributed by atoms with Crippen LogP contribution in [0.3, 0.4) is 0 Å². The van der Waals surface area contributed by atoms with E-state index in [9.17, 15) is 31.6 Å². The Morgan fingerprint density at radius 3 is 2.06 bits per heavy atom. The third-order valence-electron chi connectivity index (χ3n) is 5.49. The lowest BCUT2D eigenvalue weighted by Gasteiger charge is -2.43. The van der Waals surface area contributed by atoms with Gasteiger partial charge in [-0.15, -0.1) is 12.4 Å². The van der Waals surface area contributed by atoms with E-state index in [0.29, 0.717) is 25.1 Å². The second-order valence-electron chi connectivity index (χ2n) is 7.60. The molecule has 3 rings (SSSR count). The normalized spacial score (nSPS) is 21.5. The third kappa shape index (κ3) is 5.94. The summed E-state index contributed by atoms with van der Waals surface area (Å²) in [4.78, 5) is 5.98. The molecule has 0 aromatic heterocycles. The average Bonchev–Trinajstić information content (AvgIpc) is 2.72. The highest BCUT2D eigenvalue weighted by Gasteiger charge is 2.43. The summed E-state index contributed by atoms with van der Waals surface area (Å²) in [5.41, 5.74) is -2.09. The summed E-state index contributed by atoms with van der Waals surface area (Å²) in [5.74, 6) is 0. The molecule has 1 aliphatic heterocycles. The Hall–Kier alpha value is -2.28. The summed E-state index contributed by atoms with van der Waals surface area (Å²) in [6.45, 7) is -0.0964. The van der Waals surface area contributed by atoms with Crippen LogP contribution in [0.5, 0.6) is 0 Å². The van der Waals surface area contributed by atoms with E-state index in [1.54, 1.807) is 0 Å². The number of quaternary nitrogens is 1. The van der Waals surface area contributed by atoms with E-state index in [1.807, 2.05) is 30.3 Å². The fourth-order valence-electron chi connectivity index (χ4n) is 4.04. The van der Waals surface area contributed by atoms with Gasteiger partial charge < -0.3 is 0 Å². The number of alkyl halides is 6. The van der Waals surface area contributed by atoms with Gasteiger partial charge in [-0.2, -0.15) is 41.1 Å². The zero-order chi connectivity index (χ0) is 22.7. The highest BCUT2D eigenvalue weighted by molar-refractivity contribution is 5.85. The molecule has 0 radical (unpaired) electrons. The van der Waals surface area contributed by atoms with Gasteiger partial charge in [-0.3, -0.25) is 0 Å². The highest BCUT2D eigenvalue weighted by Crippen LogP contribution is 2.40. The van der Waals surface area contributed by atoms with Gasteiger partial charge in [0.05, 0.1) is 11.1 Å². The smallest absolute Gasteiger partial charge is 0.197 e. The standard InChI is InChI=1S/C22H21F6N2O.ClH/c23-21(24,25)18-12-16(13-19(14-18)22(26,27)28)15-31-30(11-9-29)10-5-4-8-20(30)17-6-2-1-3-7-17;/h1-3,6-7,12-14,20H,4-5,8,10-11,15H2;1H/q+1;. The summed E-state index contributed by atoms with van der Waals surface area (Å²) in [6, 6.07) is 12.6. The van der Waals surface area contributed by atoms with Crippen LogP contribution in [0.15, 0.2) is 48.5 Å². The second-order valence-corrected chi connectivity index (χ2v) is 7.60. The van der Waals surface area contributed by atoms with E-state index >= 15 is 0 Å². The van der Waals surface area contributed by atoms with Crippen LogP contribution in [-0.4, -0.2) is 17.7 Å². The predicted octanol–water partition coefficient (Wildman–Crippen LogP) is 6.84. The van der Waals surface area contributed by atoms with E-state index in [2.05, 4.69) is 6.07 Å². The van der Waals surface area contributed by atoms with Crippen molar-refractivity contribution in [1.29, 1.82) is 5.26 Å². The Labute approximate surface area is 188 Å². The first-order valence-corrected chi connectivity index (χ1v) is 9.77. The Morgan fingerprint density at radius 1 is 0.938 bits per heavy atom. The fourth-order valence-corrected chi connectivity index (χ4v) is 4.04. The molecule has 0 N–H and O–H groups in total. The molecule has 2 unspecified atom stereocenters. The van der Waals surface area contributed by atoms with Crippen molar-refractivity contribution in [2.24, 2.45) is 0 Å². The molecule has 10 heteroatoms. The number of piperidine rings is 1. The van der Waals surface area contributed by atoms with Crippen molar-refractivity contribution < 1.29 is 35.8 Å². The summed E-state index contributed by atoms with van der Waals surface area (Å²) in [5, 5.41) is 9.40. The van der Waals surface area contributed by atoms with Gasteiger partial charge in [-0.05, 0) is 36.6 Å². The molecule has 3 nitrogen and oxygen atoms in total. The number of benzene rings is 2. The first-order valence-electron chi connectivity index (χ1n) is 9.77. The van der Waals surface area contributed by atoms with Crippen LogP contribution in [0.4, 0.5) is 26.3 Å². The summed E-state index contributed by atoms with van der Waals surface area (Å²) < 4.78 is 78.8. The maximum atomic E-state index is 13.2. The van der Waals surface area contributed by atoms with Crippen LogP contribution in [0.2, 0.25) is 0 Å². The van der Waals surface area contributed by atoms with Gasteiger partial charge in [0, 0.05) is 12.0 Å². The topological polar surface area (TPSA) is 33.0 Å². The summed E-state index contributed by atoms with van der Waals surface area (Å²) >= 11 is 0. The lowest BCUT2D eigenvalue weighted by Crippen LogP contribution is -2.53. The minimum atomic E-state index is -4.92. The third-order valence-corrected chi connectivity index (χ3v) is 5.49. The fraction of sp³-hybridized carbons (Fsp3) is 0.409. The molecule has 2 aromatic carbocycles. The van der Waals surface area contributed by atoms with Crippen molar-refractivity contribution in [3.63, 3.8) is 0 Å². The van der Waals surface area contributed by atoms with Crippen molar-refractivity contribution in [1.82, 2.24) is 0 Å². The molecule has 0 spiro atoms. The molecule has 1 fully saturated rings. The minimum Gasteiger partial charge on any atom is -0.197 e. The minimum absolute atomic E-state index is 0. The Bertz CT molecular complexity index is 910. The number of nitriles is 1. The SMILES string of the molecule is Cl.N#CC[N+]1(OCc2cc(C(F)(F)F)cc(C(F)(F)F)c2)CCCCC1c1ccccc1. The van der Waals surface area contributed by atoms with Gasteiger partial charge in [0.1, 0.15) is 25.3 Å². The van der Waals surface area contributed by atoms with Crippen molar-refractivity contribution >= 4 is 12.4 Å². The van der Waals surface area contributed by atoms with E-state index in [4.69, 9.17) is 4.84 Å². The molecule has 2 aromatic rings. The maximum Gasteiger partial charge on any atom is 0.416 e. The van der Waals surface area contributed by atoms with Gasteiger partial charge in [0.15, 0.2) is 6.54 Å². The van der Waals surface area contributed by atoms with Gasteiger partial charge in [0.25, 0.3) is 0 Å². The molecule has 0 saturated carbocycles. The van der Waals surface area contributed by atoms with Gasteiger partial charge >= 0.3 is 12.4 Å². The lowest BCUT2D eigenvalue weighted by atomic mass is 9.94. The molecule has 1 aliphatic rings.